The molecule has 2 aromatic heterocycles. The third-order valence-electron chi connectivity index (χ3n) is 4.98. The molecule has 0 aliphatic heterocycles. The smallest absolute Gasteiger partial charge is 0.139 e. The molecule has 0 spiro atoms. The van der Waals surface area contributed by atoms with Gasteiger partial charge in [-0.2, -0.15) is 0 Å². The molecule has 5 rings (SSSR count). The van der Waals surface area contributed by atoms with Gasteiger partial charge in [0.1, 0.15) is 5.65 Å². The van der Waals surface area contributed by atoms with Gasteiger partial charge in [0.2, 0.25) is 0 Å². The van der Waals surface area contributed by atoms with Crippen molar-refractivity contribution in [2.75, 3.05) is 0 Å². The van der Waals surface area contributed by atoms with Crippen molar-refractivity contribution in [3.8, 4) is 11.1 Å². The summed E-state index contributed by atoms with van der Waals surface area (Å²) in [6.07, 6.45) is 0. The number of fused-ring (bicyclic) bond motifs is 4. The van der Waals surface area contributed by atoms with Crippen LogP contribution in [0.5, 0.6) is 0 Å². The van der Waals surface area contributed by atoms with E-state index in [9.17, 15) is 0 Å². The molecule has 0 unspecified atom stereocenters. The van der Waals surface area contributed by atoms with Crippen LogP contribution in [0.15, 0.2) is 66.7 Å². The number of aromatic amines is 1. The predicted octanol–water partition coefficient (Wildman–Crippen LogP) is 6.15. The van der Waals surface area contributed by atoms with E-state index in [-0.39, 0.29) is 0 Å². The maximum Gasteiger partial charge on any atom is 0.139 e. The normalized spacial score (nSPS) is 11.6. The van der Waals surface area contributed by atoms with Gasteiger partial charge in [0, 0.05) is 27.2 Å². The molecule has 0 aliphatic carbocycles. The molecular formula is C23H18N2. The minimum atomic E-state index is 0.959. The van der Waals surface area contributed by atoms with Gasteiger partial charge < -0.3 is 4.98 Å². The molecule has 1 N–H and O–H groups in total. The number of nitrogens with one attached hydrogen (secondary N) is 1. The summed E-state index contributed by atoms with van der Waals surface area (Å²) in [5.74, 6) is 0. The van der Waals surface area contributed by atoms with Crippen molar-refractivity contribution in [3.63, 3.8) is 0 Å². The number of aryl methyl sites for hydroxylation is 2. The van der Waals surface area contributed by atoms with Gasteiger partial charge in [-0.05, 0) is 37.1 Å². The highest BCUT2D eigenvalue weighted by molar-refractivity contribution is 6.20. The first-order chi connectivity index (χ1) is 12.2. The van der Waals surface area contributed by atoms with Crippen LogP contribution in [-0.2, 0) is 0 Å². The molecule has 0 atom stereocenters. The Bertz CT molecular complexity index is 1250. The van der Waals surface area contributed by atoms with Crippen LogP contribution in [0.2, 0.25) is 0 Å². The monoisotopic (exact) mass is 322 g/mol. The van der Waals surface area contributed by atoms with Crippen molar-refractivity contribution < 1.29 is 0 Å². The fraction of sp³-hybridized carbons (Fsp3) is 0.0870. The Morgan fingerprint density at radius 3 is 2.48 bits per heavy atom. The highest BCUT2D eigenvalue weighted by Crippen LogP contribution is 2.39. The number of benzene rings is 3. The second kappa shape index (κ2) is 5.18. The summed E-state index contributed by atoms with van der Waals surface area (Å²) >= 11 is 0. The second-order valence-electron chi connectivity index (χ2n) is 6.72. The number of aromatic nitrogens is 2. The van der Waals surface area contributed by atoms with E-state index in [0.29, 0.717) is 0 Å². The molecule has 0 bridgehead atoms. The number of hydrogen-bond donors (Lipinski definition) is 1. The van der Waals surface area contributed by atoms with E-state index in [1.807, 2.05) is 0 Å². The molecule has 2 heterocycles. The van der Waals surface area contributed by atoms with Crippen LogP contribution in [-0.4, -0.2) is 9.97 Å². The van der Waals surface area contributed by atoms with Crippen molar-refractivity contribution in [1.82, 2.24) is 9.97 Å². The molecule has 3 aromatic carbocycles. The Morgan fingerprint density at radius 2 is 1.64 bits per heavy atom. The first kappa shape index (κ1) is 14.2. The van der Waals surface area contributed by atoms with Crippen molar-refractivity contribution in [3.05, 3.63) is 77.9 Å². The number of H-pyrrole nitrogens is 1. The number of nitrogens with zero attached hydrogens (tertiary/aromatic N) is 1. The van der Waals surface area contributed by atoms with E-state index in [2.05, 4.69) is 85.6 Å². The third-order valence-corrected chi connectivity index (χ3v) is 4.98. The standard InChI is InChI=1S/C23H18N2/c1-14-11-12-19-18(13-14)21-20(16-8-4-3-5-9-16)17-10-6-7-15(2)22(17)25-23(21)24-19/h3-13H,1-2H3,(H,24,25). The molecule has 5 aromatic rings. The van der Waals surface area contributed by atoms with Crippen LogP contribution in [0.4, 0.5) is 0 Å². The van der Waals surface area contributed by atoms with E-state index in [0.717, 1.165) is 16.7 Å². The number of pyridine rings is 1. The molecule has 0 aliphatic rings. The Labute approximate surface area is 146 Å². The van der Waals surface area contributed by atoms with Gasteiger partial charge in [-0.1, -0.05) is 60.2 Å². The molecule has 0 saturated carbocycles. The third kappa shape index (κ3) is 2.07. The van der Waals surface area contributed by atoms with Crippen LogP contribution in [0.25, 0.3) is 44.0 Å². The van der Waals surface area contributed by atoms with Gasteiger partial charge in [0.25, 0.3) is 0 Å². The highest BCUT2D eigenvalue weighted by Gasteiger charge is 2.16. The summed E-state index contributed by atoms with van der Waals surface area (Å²) in [7, 11) is 0. The molecule has 120 valence electrons. The average molecular weight is 322 g/mol. The van der Waals surface area contributed by atoms with Gasteiger partial charge in [0.15, 0.2) is 0 Å². The maximum atomic E-state index is 4.97. The van der Waals surface area contributed by atoms with Crippen LogP contribution in [0, 0.1) is 13.8 Å². The molecule has 2 nitrogen and oxygen atoms in total. The lowest BCUT2D eigenvalue weighted by molar-refractivity contribution is 1.37. The van der Waals surface area contributed by atoms with E-state index in [1.54, 1.807) is 0 Å². The van der Waals surface area contributed by atoms with Crippen molar-refractivity contribution >= 4 is 32.8 Å². The molecule has 0 saturated heterocycles. The summed E-state index contributed by atoms with van der Waals surface area (Å²) < 4.78 is 0. The Kier molecular flexibility index (Phi) is 2.95. The molecule has 0 amide bonds. The first-order valence-electron chi connectivity index (χ1n) is 8.59. The molecule has 2 heteroatoms. The van der Waals surface area contributed by atoms with E-state index in [4.69, 9.17) is 4.98 Å². The first-order valence-corrected chi connectivity index (χ1v) is 8.59. The van der Waals surface area contributed by atoms with Gasteiger partial charge in [-0.25, -0.2) is 4.98 Å². The summed E-state index contributed by atoms with van der Waals surface area (Å²) in [5, 5.41) is 3.66. The zero-order valence-corrected chi connectivity index (χ0v) is 14.3. The fourth-order valence-corrected chi connectivity index (χ4v) is 3.79. The topological polar surface area (TPSA) is 28.7 Å². The second-order valence-corrected chi connectivity index (χ2v) is 6.72. The Hall–Kier alpha value is -3.13. The van der Waals surface area contributed by atoms with Gasteiger partial charge in [-0.15, -0.1) is 0 Å². The van der Waals surface area contributed by atoms with Crippen LogP contribution in [0.3, 0.4) is 0 Å². The van der Waals surface area contributed by atoms with Gasteiger partial charge in [0.05, 0.1) is 5.52 Å². The van der Waals surface area contributed by atoms with Gasteiger partial charge in [-0.3, -0.25) is 0 Å². The molecule has 0 radical (unpaired) electrons. The number of rotatable bonds is 1. The molecule has 25 heavy (non-hydrogen) atoms. The average Bonchev–Trinajstić information content (AvgIpc) is 2.99. The van der Waals surface area contributed by atoms with Crippen LogP contribution >= 0.6 is 0 Å². The number of para-hydroxylation sites is 1. The summed E-state index contributed by atoms with van der Waals surface area (Å²) in [6, 6.07) is 23.6. The van der Waals surface area contributed by atoms with Crippen molar-refractivity contribution in [1.29, 1.82) is 0 Å². The zero-order valence-electron chi connectivity index (χ0n) is 14.3. The lowest BCUT2D eigenvalue weighted by Gasteiger charge is -2.11. The fourth-order valence-electron chi connectivity index (χ4n) is 3.79. The SMILES string of the molecule is Cc1ccc2[nH]c3nc4c(C)cccc4c(-c4ccccc4)c3c2c1. The molecule has 0 fully saturated rings. The predicted molar refractivity (Wildman–Crippen MR) is 106 cm³/mol. The quantitative estimate of drug-likeness (QED) is 0.394. The van der Waals surface area contributed by atoms with E-state index < -0.39 is 0 Å². The van der Waals surface area contributed by atoms with Crippen LogP contribution < -0.4 is 0 Å². The maximum absolute atomic E-state index is 4.97. The largest absolute Gasteiger partial charge is 0.339 e. The Balaban J connectivity index is 2.09. The lowest BCUT2D eigenvalue weighted by atomic mass is 9.95. The van der Waals surface area contributed by atoms with E-state index in [1.165, 1.54) is 38.4 Å². The lowest BCUT2D eigenvalue weighted by Crippen LogP contribution is -1.90. The minimum absolute atomic E-state index is 0.959. The summed E-state index contributed by atoms with van der Waals surface area (Å²) in [5.41, 5.74) is 8.12. The van der Waals surface area contributed by atoms with Crippen LogP contribution in [0.1, 0.15) is 11.1 Å². The summed E-state index contributed by atoms with van der Waals surface area (Å²) in [4.78, 5) is 8.50. The summed E-state index contributed by atoms with van der Waals surface area (Å²) in [6.45, 7) is 4.27. The zero-order chi connectivity index (χ0) is 17.0. The minimum Gasteiger partial charge on any atom is -0.339 e. The van der Waals surface area contributed by atoms with E-state index >= 15 is 0 Å². The van der Waals surface area contributed by atoms with Crippen molar-refractivity contribution in [2.24, 2.45) is 0 Å². The van der Waals surface area contributed by atoms with Crippen molar-refractivity contribution in [2.45, 2.75) is 13.8 Å². The van der Waals surface area contributed by atoms with Gasteiger partial charge >= 0.3 is 0 Å². The Morgan fingerprint density at radius 1 is 0.800 bits per heavy atom. The molecular weight excluding hydrogens is 304 g/mol. The number of hydrogen-bond acceptors (Lipinski definition) is 1. The highest BCUT2D eigenvalue weighted by atomic mass is 14.9.